The van der Waals surface area contributed by atoms with Crippen LogP contribution in [0, 0.1) is 6.92 Å². The van der Waals surface area contributed by atoms with E-state index in [-0.39, 0.29) is 5.91 Å². The molecule has 1 heterocycles. The van der Waals surface area contributed by atoms with Crippen LogP contribution in [0.2, 0.25) is 0 Å². The highest BCUT2D eigenvalue weighted by molar-refractivity contribution is 9.09. The van der Waals surface area contributed by atoms with Gasteiger partial charge in [0.15, 0.2) is 0 Å². The van der Waals surface area contributed by atoms with Crippen molar-refractivity contribution in [2.24, 2.45) is 0 Å². The van der Waals surface area contributed by atoms with E-state index in [0.717, 1.165) is 29.7 Å². The minimum Gasteiger partial charge on any atom is -0.333 e. The Labute approximate surface area is 121 Å². The Morgan fingerprint density at radius 2 is 2.22 bits per heavy atom. The van der Waals surface area contributed by atoms with E-state index in [2.05, 4.69) is 20.9 Å². The lowest BCUT2D eigenvalue weighted by Gasteiger charge is -2.33. The zero-order valence-electron chi connectivity index (χ0n) is 10.7. The third-order valence-electron chi connectivity index (χ3n) is 3.44. The maximum absolute atomic E-state index is 12.5. The monoisotopic (exact) mass is 330 g/mol. The summed E-state index contributed by atoms with van der Waals surface area (Å²) in [6, 6.07) is 0.408. The van der Waals surface area contributed by atoms with Crippen LogP contribution in [0.3, 0.4) is 0 Å². The number of halogens is 1. The number of aromatic nitrogens is 1. The molecule has 0 radical (unpaired) electrons. The Bertz CT molecular complexity index is 401. The van der Waals surface area contributed by atoms with Crippen molar-refractivity contribution in [1.82, 2.24) is 9.88 Å². The van der Waals surface area contributed by atoms with E-state index in [4.69, 9.17) is 0 Å². The number of nitrogens with zero attached hydrogens (tertiary/aromatic N) is 2. The first-order valence-electron chi connectivity index (χ1n) is 6.51. The van der Waals surface area contributed by atoms with E-state index in [1.807, 2.05) is 17.2 Å². The molecular formula is C13H19BrN2OS. The van der Waals surface area contributed by atoms with Gasteiger partial charge >= 0.3 is 0 Å². The van der Waals surface area contributed by atoms with Gasteiger partial charge in [0.1, 0.15) is 5.69 Å². The van der Waals surface area contributed by atoms with Crippen molar-refractivity contribution < 1.29 is 4.79 Å². The second kappa shape index (κ2) is 6.66. The van der Waals surface area contributed by atoms with Crippen molar-refractivity contribution in [2.45, 2.75) is 45.1 Å². The van der Waals surface area contributed by atoms with Gasteiger partial charge in [-0.05, 0) is 19.8 Å². The Hall–Kier alpha value is -0.420. The number of alkyl halides is 1. The second-order valence-corrected chi connectivity index (χ2v) is 6.59. The molecule has 0 aliphatic heterocycles. The van der Waals surface area contributed by atoms with Gasteiger partial charge in [-0.3, -0.25) is 4.79 Å². The van der Waals surface area contributed by atoms with Crippen molar-refractivity contribution in [3.63, 3.8) is 0 Å². The number of rotatable bonds is 4. The van der Waals surface area contributed by atoms with E-state index >= 15 is 0 Å². The predicted octanol–water partition coefficient (Wildman–Crippen LogP) is 3.62. The summed E-state index contributed by atoms with van der Waals surface area (Å²) in [7, 11) is 0. The van der Waals surface area contributed by atoms with Gasteiger partial charge in [-0.15, -0.1) is 11.3 Å². The third-order valence-corrected chi connectivity index (χ3v) is 4.57. The fourth-order valence-electron chi connectivity index (χ4n) is 2.54. The highest BCUT2D eigenvalue weighted by atomic mass is 79.9. The van der Waals surface area contributed by atoms with E-state index < -0.39 is 0 Å². The van der Waals surface area contributed by atoms with E-state index in [0.29, 0.717) is 11.7 Å². The summed E-state index contributed by atoms with van der Waals surface area (Å²) in [6.45, 7) is 2.72. The number of hydrogen-bond donors (Lipinski definition) is 0. The first-order valence-corrected chi connectivity index (χ1v) is 8.51. The van der Waals surface area contributed by atoms with Crippen molar-refractivity contribution in [3.05, 3.63) is 16.1 Å². The standard InChI is InChI=1S/C13H19BrN2OS/c1-10-15-12(9-18-10)13(17)16(8-7-14)11-5-3-2-4-6-11/h9,11H,2-8H2,1H3. The summed E-state index contributed by atoms with van der Waals surface area (Å²) in [5, 5.41) is 3.67. The van der Waals surface area contributed by atoms with Gasteiger partial charge in [-0.2, -0.15) is 0 Å². The highest BCUT2D eigenvalue weighted by Gasteiger charge is 2.26. The van der Waals surface area contributed by atoms with Crippen LogP contribution in [0.5, 0.6) is 0 Å². The van der Waals surface area contributed by atoms with Crippen LogP contribution >= 0.6 is 27.3 Å². The average Bonchev–Trinajstić information content (AvgIpc) is 2.83. The highest BCUT2D eigenvalue weighted by Crippen LogP contribution is 2.24. The van der Waals surface area contributed by atoms with Crippen LogP contribution in [-0.4, -0.2) is 33.7 Å². The Balaban J connectivity index is 2.10. The largest absolute Gasteiger partial charge is 0.333 e. The third kappa shape index (κ3) is 3.32. The van der Waals surface area contributed by atoms with Gasteiger partial charge < -0.3 is 4.90 Å². The summed E-state index contributed by atoms with van der Waals surface area (Å²) in [6.07, 6.45) is 6.08. The quantitative estimate of drug-likeness (QED) is 0.790. The molecule has 0 bridgehead atoms. The second-order valence-electron chi connectivity index (χ2n) is 4.73. The molecule has 1 aliphatic carbocycles. The lowest BCUT2D eigenvalue weighted by molar-refractivity contribution is 0.0645. The average molecular weight is 331 g/mol. The molecule has 3 nitrogen and oxygen atoms in total. The van der Waals surface area contributed by atoms with E-state index in [9.17, 15) is 4.79 Å². The maximum atomic E-state index is 12.5. The molecule has 1 aromatic rings. The van der Waals surface area contributed by atoms with Crippen LogP contribution in [0.4, 0.5) is 0 Å². The number of hydrogen-bond acceptors (Lipinski definition) is 3. The number of aryl methyl sites for hydroxylation is 1. The van der Waals surface area contributed by atoms with Gasteiger partial charge in [-0.25, -0.2) is 4.98 Å². The SMILES string of the molecule is Cc1nc(C(=O)N(CCBr)C2CCCCC2)cs1. The fraction of sp³-hybridized carbons (Fsp3) is 0.692. The molecule has 1 saturated carbocycles. The lowest BCUT2D eigenvalue weighted by atomic mass is 9.94. The first-order chi connectivity index (χ1) is 8.72. The van der Waals surface area contributed by atoms with Crippen LogP contribution in [-0.2, 0) is 0 Å². The molecule has 0 aromatic carbocycles. The number of carbonyl (C=O) groups excluding carboxylic acids is 1. The van der Waals surface area contributed by atoms with E-state index in [1.54, 1.807) is 11.3 Å². The Kier molecular flexibility index (Phi) is 5.18. The summed E-state index contributed by atoms with van der Waals surface area (Å²) in [5.41, 5.74) is 0.615. The van der Waals surface area contributed by atoms with Crippen LogP contribution < -0.4 is 0 Å². The molecule has 2 rings (SSSR count). The molecule has 5 heteroatoms. The maximum Gasteiger partial charge on any atom is 0.273 e. The van der Waals surface area contributed by atoms with Gasteiger partial charge in [0, 0.05) is 23.3 Å². The minimum atomic E-state index is 0.103. The summed E-state index contributed by atoms with van der Waals surface area (Å²) < 4.78 is 0. The first kappa shape index (κ1) is 14.0. The normalized spacial score (nSPS) is 16.8. The molecule has 18 heavy (non-hydrogen) atoms. The molecule has 1 aromatic heterocycles. The van der Waals surface area contributed by atoms with Crippen LogP contribution in [0.15, 0.2) is 5.38 Å². The molecule has 1 aliphatic rings. The molecule has 0 N–H and O–H groups in total. The smallest absolute Gasteiger partial charge is 0.273 e. The molecule has 0 spiro atoms. The van der Waals surface area contributed by atoms with Crippen molar-refractivity contribution in [3.8, 4) is 0 Å². The molecule has 0 atom stereocenters. The summed E-state index contributed by atoms with van der Waals surface area (Å²) in [4.78, 5) is 18.8. The minimum absolute atomic E-state index is 0.103. The molecule has 0 unspecified atom stereocenters. The lowest BCUT2D eigenvalue weighted by Crippen LogP contribution is -2.42. The zero-order chi connectivity index (χ0) is 13.0. The summed E-state index contributed by atoms with van der Waals surface area (Å²) >= 11 is 5.00. The molecule has 0 saturated heterocycles. The van der Waals surface area contributed by atoms with Crippen LogP contribution in [0.25, 0.3) is 0 Å². The van der Waals surface area contributed by atoms with E-state index in [1.165, 1.54) is 19.3 Å². The Morgan fingerprint density at radius 1 is 1.50 bits per heavy atom. The molecular weight excluding hydrogens is 312 g/mol. The molecule has 100 valence electrons. The fourth-order valence-corrected chi connectivity index (χ4v) is 3.51. The molecule has 1 amide bonds. The van der Waals surface area contributed by atoms with Crippen molar-refractivity contribution in [1.29, 1.82) is 0 Å². The van der Waals surface area contributed by atoms with Crippen molar-refractivity contribution in [2.75, 3.05) is 11.9 Å². The van der Waals surface area contributed by atoms with Gasteiger partial charge in [0.2, 0.25) is 0 Å². The van der Waals surface area contributed by atoms with Crippen molar-refractivity contribution >= 4 is 33.2 Å². The Morgan fingerprint density at radius 3 is 2.78 bits per heavy atom. The number of thiazole rings is 1. The van der Waals surface area contributed by atoms with Crippen LogP contribution in [0.1, 0.15) is 47.6 Å². The van der Waals surface area contributed by atoms with Gasteiger partial charge in [0.05, 0.1) is 5.01 Å². The number of carbonyl (C=O) groups is 1. The van der Waals surface area contributed by atoms with Gasteiger partial charge in [-0.1, -0.05) is 35.2 Å². The summed E-state index contributed by atoms with van der Waals surface area (Å²) in [5.74, 6) is 0.103. The predicted molar refractivity (Wildman–Crippen MR) is 78.6 cm³/mol. The number of amides is 1. The van der Waals surface area contributed by atoms with Gasteiger partial charge in [0.25, 0.3) is 5.91 Å². The topological polar surface area (TPSA) is 33.2 Å². The zero-order valence-corrected chi connectivity index (χ0v) is 13.1. The molecule has 1 fully saturated rings.